The van der Waals surface area contributed by atoms with Crippen LogP contribution in [0.2, 0.25) is 0 Å². The van der Waals surface area contributed by atoms with Crippen LogP contribution in [0, 0.1) is 0 Å². The first-order chi connectivity index (χ1) is 10.1. The summed E-state index contributed by atoms with van der Waals surface area (Å²) in [7, 11) is 1.81. The number of aryl methyl sites for hydroxylation is 1. The maximum atomic E-state index is 12.2. The molecule has 0 radical (unpaired) electrons. The summed E-state index contributed by atoms with van der Waals surface area (Å²) in [6, 6.07) is 5.31. The van der Waals surface area contributed by atoms with Crippen molar-refractivity contribution in [1.29, 1.82) is 0 Å². The lowest BCUT2D eigenvalue weighted by atomic mass is 9.85. The molecule has 1 heterocycles. The molecule has 1 amide bonds. The number of hydrogen-bond acceptors (Lipinski definition) is 4. The number of carbonyl (C=O) groups excluding carboxylic acids is 1. The molecule has 1 aliphatic carbocycles. The normalized spacial score (nSPS) is 17.8. The van der Waals surface area contributed by atoms with Crippen molar-refractivity contribution in [1.82, 2.24) is 20.3 Å². The van der Waals surface area contributed by atoms with Gasteiger partial charge in [0, 0.05) is 19.2 Å². The fourth-order valence-electron chi connectivity index (χ4n) is 2.92. The monoisotopic (exact) mass is 288 g/mol. The Kier molecular flexibility index (Phi) is 3.63. The van der Waals surface area contributed by atoms with Crippen LogP contribution in [-0.4, -0.2) is 38.2 Å². The first-order valence-electron chi connectivity index (χ1n) is 7.37. The molecule has 0 saturated heterocycles. The van der Waals surface area contributed by atoms with Gasteiger partial charge in [-0.1, -0.05) is 24.5 Å². The molecule has 1 aromatic carbocycles. The van der Waals surface area contributed by atoms with E-state index in [1.165, 1.54) is 6.42 Å². The van der Waals surface area contributed by atoms with Crippen LogP contribution in [0.15, 0.2) is 18.2 Å². The van der Waals surface area contributed by atoms with Crippen molar-refractivity contribution in [2.24, 2.45) is 7.05 Å². The largest absolute Gasteiger partial charge is 0.388 e. The van der Waals surface area contributed by atoms with Gasteiger partial charge in [0.1, 0.15) is 5.52 Å². The summed E-state index contributed by atoms with van der Waals surface area (Å²) in [6.07, 6.45) is 4.74. The average molecular weight is 288 g/mol. The van der Waals surface area contributed by atoms with Gasteiger partial charge in [0.25, 0.3) is 5.91 Å². The molecule has 21 heavy (non-hydrogen) atoms. The van der Waals surface area contributed by atoms with Crippen molar-refractivity contribution >= 4 is 16.9 Å². The Labute approximate surface area is 123 Å². The molecule has 1 aromatic heterocycles. The van der Waals surface area contributed by atoms with E-state index in [0.29, 0.717) is 17.6 Å². The first kappa shape index (κ1) is 14.0. The van der Waals surface area contributed by atoms with Crippen molar-refractivity contribution in [3.63, 3.8) is 0 Å². The number of rotatable bonds is 3. The van der Waals surface area contributed by atoms with E-state index >= 15 is 0 Å². The van der Waals surface area contributed by atoms with Gasteiger partial charge in [-0.25, -0.2) is 4.68 Å². The maximum absolute atomic E-state index is 12.2. The van der Waals surface area contributed by atoms with E-state index in [-0.39, 0.29) is 5.91 Å². The predicted octanol–water partition coefficient (Wildman–Crippen LogP) is 1.39. The van der Waals surface area contributed by atoms with E-state index in [2.05, 4.69) is 15.6 Å². The van der Waals surface area contributed by atoms with Crippen LogP contribution in [0.3, 0.4) is 0 Å². The van der Waals surface area contributed by atoms with Crippen molar-refractivity contribution in [3.8, 4) is 0 Å². The molecular weight excluding hydrogens is 268 g/mol. The zero-order chi connectivity index (χ0) is 14.9. The van der Waals surface area contributed by atoms with Crippen molar-refractivity contribution < 1.29 is 9.90 Å². The fourth-order valence-corrected chi connectivity index (χ4v) is 2.92. The summed E-state index contributed by atoms with van der Waals surface area (Å²) in [6.45, 7) is 0.310. The number of nitrogens with zero attached hydrogens (tertiary/aromatic N) is 3. The fraction of sp³-hybridized carbons (Fsp3) is 0.533. The number of carbonyl (C=O) groups is 1. The van der Waals surface area contributed by atoms with Crippen LogP contribution in [0.1, 0.15) is 42.5 Å². The van der Waals surface area contributed by atoms with Crippen molar-refractivity contribution in [3.05, 3.63) is 23.8 Å². The summed E-state index contributed by atoms with van der Waals surface area (Å²) < 4.78 is 1.67. The second kappa shape index (κ2) is 5.44. The maximum Gasteiger partial charge on any atom is 0.251 e. The van der Waals surface area contributed by atoms with E-state index in [1.54, 1.807) is 16.8 Å². The Bertz CT molecular complexity index is 659. The van der Waals surface area contributed by atoms with Gasteiger partial charge >= 0.3 is 0 Å². The van der Waals surface area contributed by atoms with Crippen LogP contribution >= 0.6 is 0 Å². The summed E-state index contributed by atoms with van der Waals surface area (Å²) in [5, 5.41) is 21.2. The molecule has 2 aromatic rings. The summed E-state index contributed by atoms with van der Waals surface area (Å²) >= 11 is 0. The number of benzene rings is 1. The number of aromatic nitrogens is 3. The van der Waals surface area contributed by atoms with Gasteiger partial charge in [-0.3, -0.25) is 4.79 Å². The van der Waals surface area contributed by atoms with E-state index in [9.17, 15) is 9.90 Å². The highest BCUT2D eigenvalue weighted by Gasteiger charge is 2.29. The molecular formula is C15H20N4O2. The van der Waals surface area contributed by atoms with Gasteiger partial charge in [0.15, 0.2) is 0 Å². The lowest BCUT2D eigenvalue weighted by Gasteiger charge is -2.32. The van der Waals surface area contributed by atoms with E-state index in [1.807, 2.05) is 13.1 Å². The molecule has 1 aliphatic rings. The molecule has 0 atom stereocenters. The second-order valence-electron chi connectivity index (χ2n) is 5.88. The third-order valence-corrected chi connectivity index (χ3v) is 4.24. The van der Waals surface area contributed by atoms with E-state index in [4.69, 9.17) is 0 Å². The standard InChI is InChI=1S/C15H20N4O2/c1-19-13-6-5-11(9-12(13)17-18-19)14(20)16-10-15(21)7-3-2-4-8-15/h5-6,9,21H,2-4,7-8,10H2,1H3,(H,16,20). The van der Waals surface area contributed by atoms with Crippen LogP contribution in [0.25, 0.3) is 11.0 Å². The molecule has 6 nitrogen and oxygen atoms in total. The van der Waals surface area contributed by atoms with Gasteiger partial charge in [-0.2, -0.15) is 0 Å². The molecule has 3 rings (SSSR count). The highest BCUT2D eigenvalue weighted by Crippen LogP contribution is 2.27. The minimum atomic E-state index is -0.745. The van der Waals surface area contributed by atoms with Crippen molar-refractivity contribution in [2.45, 2.75) is 37.7 Å². The van der Waals surface area contributed by atoms with Crippen LogP contribution < -0.4 is 5.32 Å². The average Bonchev–Trinajstić information content (AvgIpc) is 2.87. The van der Waals surface area contributed by atoms with Crippen LogP contribution in [0.5, 0.6) is 0 Å². The molecule has 1 saturated carbocycles. The number of hydrogen-bond donors (Lipinski definition) is 2. The second-order valence-corrected chi connectivity index (χ2v) is 5.88. The topological polar surface area (TPSA) is 80.0 Å². The first-order valence-corrected chi connectivity index (χ1v) is 7.37. The lowest BCUT2D eigenvalue weighted by molar-refractivity contribution is 0.00526. The molecule has 0 unspecified atom stereocenters. The zero-order valence-electron chi connectivity index (χ0n) is 12.2. The Hall–Kier alpha value is -1.95. The summed E-state index contributed by atoms with van der Waals surface area (Å²) in [5.41, 5.74) is 1.38. The highest BCUT2D eigenvalue weighted by molar-refractivity contribution is 5.97. The van der Waals surface area contributed by atoms with E-state index < -0.39 is 5.60 Å². The Morgan fingerprint density at radius 1 is 1.38 bits per heavy atom. The van der Waals surface area contributed by atoms with Crippen LogP contribution in [-0.2, 0) is 7.05 Å². The van der Waals surface area contributed by atoms with Gasteiger partial charge in [-0.15, -0.1) is 5.10 Å². The van der Waals surface area contributed by atoms with Crippen LogP contribution in [0.4, 0.5) is 0 Å². The quantitative estimate of drug-likeness (QED) is 0.894. The minimum Gasteiger partial charge on any atom is -0.388 e. The van der Waals surface area contributed by atoms with Crippen molar-refractivity contribution in [2.75, 3.05) is 6.54 Å². The molecule has 0 aliphatic heterocycles. The van der Waals surface area contributed by atoms with Gasteiger partial charge in [-0.05, 0) is 31.0 Å². The molecule has 2 N–H and O–H groups in total. The minimum absolute atomic E-state index is 0.179. The van der Waals surface area contributed by atoms with Gasteiger partial charge < -0.3 is 10.4 Å². The Morgan fingerprint density at radius 3 is 2.90 bits per heavy atom. The highest BCUT2D eigenvalue weighted by atomic mass is 16.3. The van der Waals surface area contributed by atoms with Gasteiger partial charge in [0.05, 0.1) is 11.1 Å². The number of aliphatic hydroxyl groups is 1. The Balaban J connectivity index is 1.69. The summed E-state index contributed by atoms with van der Waals surface area (Å²) in [5.74, 6) is -0.179. The number of amides is 1. The lowest BCUT2D eigenvalue weighted by Crippen LogP contribution is -2.44. The Morgan fingerprint density at radius 2 is 2.14 bits per heavy atom. The smallest absolute Gasteiger partial charge is 0.251 e. The zero-order valence-corrected chi connectivity index (χ0v) is 12.2. The SMILES string of the molecule is Cn1nnc2cc(C(=O)NCC3(O)CCCCC3)ccc21. The molecule has 6 heteroatoms. The molecule has 112 valence electrons. The number of fused-ring (bicyclic) bond motifs is 1. The summed E-state index contributed by atoms with van der Waals surface area (Å²) in [4.78, 5) is 12.2. The molecule has 1 fully saturated rings. The third-order valence-electron chi connectivity index (χ3n) is 4.24. The number of nitrogens with one attached hydrogen (secondary N) is 1. The predicted molar refractivity (Wildman–Crippen MR) is 78.9 cm³/mol. The molecule has 0 bridgehead atoms. The van der Waals surface area contributed by atoms with E-state index in [0.717, 1.165) is 31.2 Å². The third kappa shape index (κ3) is 2.90. The van der Waals surface area contributed by atoms with Gasteiger partial charge in [0.2, 0.25) is 0 Å². The molecule has 0 spiro atoms.